The van der Waals surface area contributed by atoms with E-state index in [4.69, 9.17) is 0 Å². The lowest BCUT2D eigenvalue weighted by atomic mass is 9.85. The minimum absolute atomic E-state index is 0.0673. The standard InChI is InChI=1S/C35H33N2/c1-24-18-20-28(35(2,3)4)23-30(24)34-36(5)33-22-27(25-12-7-6-8-13-25)19-21-32(33)37(34)31-17-11-15-26-14-9-10-16-29(26)31/h6-23H,1-5H3/q+1. The van der Waals surface area contributed by atoms with Crippen molar-refractivity contribution in [2.45, 2.75) is 33.1 Å². The van der Waals surface area contributed by atoms with Crippen molar-refractivity contribution >= 4 is 21.8 Å². The SMILES string of the molecule is Cc1ccc(C(C)(C)C)cc1-c1n(-c2cccc3ccccc23)c2ccc(-c3ccccc3)cc2[n+]1C. The molecule has 1 heterocycles. The fourth-order valence-electron chi connectivity index (χ4n) is 5.45. The Hall–Kier alpha value is -4.17. The number of rotatable bonds is 3. The summed E-state index contributed by atoms with van der Waals surface area (Å²) in [5.41, 5.74) is 10.0. The Morgan fingerprint density at radius 2 is 1.41 bits per heavy atom. The van der Waals surface area contributed by atoms with Crippen molar-refractivity contribution in [1.29, 1.82) is 0 Å². The van der Waals surface area contributed by atoms with Gasteiger partial charge in [0.1, 0.15) is 5.69 Å². The second-order valence-electron chi connectivity index (χ2n) is 11.1. The van der Waals surface area contributed by atoms with Crippen molar-refractivity contribution < 1.29 is 4.57 Å². The Balaban J connectivity index is 1.73. The molecule has 0 atom stereocenters. The zero-order chi connectivity index (χ0) is 25.7. The first-order valence-electron chi connectivity index (χ1n) is 13.0. The van der Waals surface area contributed by atoms with Gasteiger partial charge in [0.15, 0.2) is 11.0 Å². The molecule has 0 aliphatic carbocycles. The molecule has 6 aromatic rings. The summed E-state index contributed by atoms with van der Waals surface area (Å²) in [4.78, 5) is 0. The normalized spacial score (nSPS) is 11.9. The van der Waals surface area contributed by atoms with Crippen LogP contribution in [0.15, 0.2) is 109 Å². The lowest BCUT2D eigenvalue weighted by Crippen LogP contribution is -2.30. The van der Waals surface area contributed by atoms with Gasteiger partial charge in [-0.3, -0.25) is 0 Å². The van der Waals surface area contributed by atoms with Crippen molar-refractivity contribution in [2.24, 2.45) is 7.05 Å². The molecule has 0 amide bonds. The van der Waals surface area contributed by atoms with Crippen molar-refractivity contribution in [3.05, 3.63) is 120 Å². The third-order valence-electron chi connectivity index (χ3n) is 7.57. The molecule has 0 unspecified atom stereocenters. The average molecular weight is 482 g/mol. The van der Waals surface area contributed by atoms with E-state index >= 15 is 0 Å². The summed E-state index contributed by atoms with van der Waals surface area (Å²) in [6, 6.07) is 39.8. The molecule has 5 aromatic carbocycles. The maximum Gasteiger partial charge on any atom is 0.295 e. The van der Waals surface area contributed by atoms with Crippen LogP contribution < -0.4 is 4.57 Å². The molecule has 6 rings (SSSR count). The Morgan fingerprint density at radius 3 is 2.19 bits per heavy atom. The van der Waals surface area contributed by atoms with Gasteiger partial charge in [0.2, 0.25) is 0 Å². The van der Waals surface area contributed by atoms with Crippen LogP contribution in [0.1, 0.15) is 31.9 Å². The Kier molecular flexibility index (Phi) is 5.49. The zero-order valence-corrected chi connectivity index (χ0v) is 22.3. The third kappa shape index (κ3) is 3.94. The second-order valence-corrected chi connectivity index (χ2v) is 11.1. The molecule has 0 N–H and O–H groups in total. The molecule has 0 radical (unpaired) electrons. The minimum atomic E-state index is 0.0673. The lowest BCUT2D eigenvalue weighted by Gasteiger charge is -2.20. The van der Waals surface area contributed by atoms with Gasteiger partial charge < -0.3 is 0 Å². The summed E-state index contributed by atoms with van der Waals surface area (Å²) in [5, 5.41) is 2.50. The van der Waals surface area contributed by atoms with Crippen LogP contribution in [-0.4, -0.2) is 4.57 Å². The molecule has 0 aliphatic heterocycles. The zero-order valence-electron chi connectivity index (χ0n) is 22.3. The fourth-order valence-corrected chi connectivity index (χ4v) is 5.45. The first-order chi connectivity index (χ1) is 17.8. The van der Waals surface area contributed by atoms with Crippen molar-refractivity contribution in [3.8, 4) is 28.2 Å². The Labute approximate surface area is 219 Å². The number of hydrogen-bond acceptors (Lipinski definition) is 0. The minimum Gasteiger partial charge on any atom is -0.225 e. The summed E-state index contributed by atoms with van der Waals surface area (Å²) in [5.74, 6) is 1.19. The Morgan fingerprint density at radius 1 is 0.676 bits per heavy atom. The molecule has 0 saturated carbocycles. The molecule has 0 fully saturated rings. The largest absolute Gasteiger partial charge is 0.295 e. The Bertz CT molecular complexity index is 1760. The van der Waals surface area contributed by atoms with Crippen LogP contribution in [0.5, 0.6) is 0 Å². The van der Waals surface area contributed by atoms with E-state index in [0.29, 0.717) is 0 Å². The summed E-state index contributed by atoms with van der Waals surface area (Å²) in [6.07, 6.45) is 0. The number of nitrogens with zero attached hydrogens (tertiary/aromatic N) is 2. The highest BCUT2D eigenvalue weighted by atomic mass is 15.2. The highest BCUT2D eigenvalue weighted by molar-refractivity contribution is 5.94. The molecule has 1 aromatic heterocycles. The maximum atomic E-state index is 2.46. The van der Waals surface area contributed by atoms with Crippen molar-refractivity contribution in [2.75, 3.05) is 0 Å². The molecule has 0 aliphatic rings. The van der Waals surface area contributed by atoms with Gasteiger partial charge in [-0.25, -0.2) is 4.57 Å². The van der Waals surface area contributed by atoms with Gasteiger partial charge in [-0.1, -0.05) is 99.6 Å². The van der Waals surface area contributed by atoms with Crippen LogP contribution in [0.25, 0.3) is 50.0 Å². The number of fused-ring (bicyclic) bond motifs is 2. The van der Waals surface area contributed by atoms with Gasteiger partial charge in [-0.15, -0.1) is 0 Å². The maximum absolute atomic E-state index is 2.46. The summed E-state index contributed by atoms with van der Waals surface area (Å²) >= 11 is 0. The number of benzene rings is 5. The quantitative estimate of drug-likeness (QED) is 0.224. The van der Waals surface area contributed by atoms with Crippen molar-refractivity contribution in [1.82, 2.24) is 4.57 Å². The van der Waals surface area contributed by atoms with Gasteiger partial charge in [0.25, 0.3) is 5.82 Å². The van der Waals surface area contributed by atoms with Crippen LogP contribution in [0, 0.1) is 6.92 Å². The molecule has 37 heavy (non-hydrogen) atoms. The highest BCUT2D eigenvalue weighted by Gasteiger charge is 2.29. The van der Waals surface area contributed by atoms with Gasteiger partial charge >= 0.3 is 0 Å². The van der Waals surface area contributed by atoms with Crippen molar-refractivity contribution in [3.63, 3.8) is 0 Å². The van der Waals surface area contributed by atoms with Gasteiger partial charge in [-0.2, -0.15) is 4.57 Å². The fraction of sp³-hybridized carbons (Fsp3) is 0.171. The summed E-state index contributed by atoms with van der Waals surface area (Å²) < 4.78 is 4.83. The van der Waals surface area contributed by atoms with E-state index in [1.807, 2.05) is 0 Å². The number of hydrogen-bond donors (Lipinski definition) is 0. The lowest BCUT2D eigenvalue weighted by molar-refractivity contribution is -0.633. The van der Waals surface area contributed by atoms with E-state index in [9.17, 15) is 0 Å². The predicted octanol–water partition coefficient (Wildman–Crippen LogP) is 8.55. The molecular weight excluding hydrogens is 448 g/mol. The third-order valence-corrected chi connectivity index (χ3v) is 7.57. The molecule has 0 saturated heterocycles. The van der Waals surface area contributed by atoms with E-state index in [2.05, 4.69) is 153 Å². The topological polar surface area (TPSA) is 8.81 Å². The van der Waals surface area contributed by atoms with Gasteiger partial charge in [0, 0.05) is 5.39 Å². The van der Waals surface area contributed by atoms with Gasteiger partial charge in [0.05, 0.1) is 12.6 Å². The molecule has 0 spiro atoms. The smallest absolute Gasteiger partial charge is 0.225 e. The van der Waals surface area contributed by atoms with E-state index in [1.165, 1.54) is 61.1 Å². The predicted molar refractivity (Wildman–Crippen MR) is 156 cm³/mol. The molecule has 2 nitrogen and oxygen atoms in total. The van der Waals surface area contributed by atoms with E-state index < -0.39 is 0 Å². The first kappa shape index (κ1) is 23.2. The molecule has 0 bridgehead atoms. The average Bonchev–Trinajstić information content (AvgIpc) is 3.19. The number of aromatic nitrogens is 2. The summed E-state index contributed by atoms with van der Waals surface area (Å²) in [6.45, 7) is 9.08. The monoisotopic (exact) mass is 481 g/mol. The highest BCUT2D eigenvalue weighted by Crippen LogP contribution is 2.36. The first-order valence-corrected chi connectivity index (χ1v) is 13.0. The van der Waals surface area contributed by atoms with E-state index in [0.717, 1.165) is 0 Å². The van der Waals surface area contributed by atoms with E-state index in [1.54, 1.807) is 0 Å². The van der Waals surface area contributed by atoms with Crippen LogP contribution in [-0.2, 0) is 12.5 Å². The molecular formula is C35H33N2+. The molecule has 2 heteroatoms. The number of aryl methyl sites for hydroxylation is 2. The van der Waals surface area contributed by atoms with Crippen LogP contribution in [0.4, 0.5) is 0 Å². The van der Waals surface area contributed by atoms with Gasteiger partial charge in [-0.05, 0) is 70.3 Å². The summed E-state index contributed by atoms with van der Waals surface area (Å²) in [7, 11) is 2.21. The number of imidazole rings is 1. The second kappa shape index (κ2) is 8.74. The van der Waals surface area contributed by atoms with Crippen LogP contribution >= 0.6 is 0 Å². The van der Waals surface area contributed by atoms with E-state index in [-0.39, 0.29) is 5.41 Å². The van der Waals surface area contributed by atoms with Crippen LogP contribution in [0.2, 0.25) is 0 Å². The van der Waals surface area contributed by atoms with Crippen LogP contribution in [0.3, 0.4) is 0 Å². The molecule has 182 valence electrons.